The molecule has 2 aromatic rings. The van der Waals surface area contributed by atoms with Gasteiger partial charge in [0.25, 0.3) is 11.8 Å². The smallest absolute Gasteiger partial charge is 0.257 e. The number of nitrogens with one attached hydrogen (secondary N) is 1. The van der Waals surface area contributed by atoms with Gasteiger partial charge < -0.3 is 14.7 Å². The molecule has 2 amide bonds. The third-order valence-electron chi connectivity index (χ3n) is 4.86. The highest BCUT2D eigenvalue weighted by atomic mass is 16.5. The van der Waals surface area contributed by atoms with E-state index in [1.807, 2.05) is 0 Å². The van der Waals surface area contributed by atoms with Crippen LogP contribution >= 0.6 is 0 Å². The van der Waals surface area contributed by atoms with Crippen molar-refractivity contribution in [3.05, 3.63) is 35.7 Å². The fraction of sp³-hybridized carbons (Fsp3) is 0.444. The van der Waals surface area contributed by atoms with E-state index in [0.29, 0.717) is 30.5 Å². The molecule has 7 nitrogen and oxygen atoms in total. The summed E-state index contributed by atoms with van der Waals surface area (Å²) in [6, 6.07) is 7.07. The van der Waals surface area contributed by atoms with Crippen LogP contribution < -0.4 is 5.32 Å². The van der Waals surface area contributed by atoms with Gasteiger partial charge in [-0.15, -0.1) is 0 Å². The van der Waals surface area contributed by atoms with Crippen molar-refractivity contribution in [1.82, 2.24) is 20.4 Å². The molecule has 1 aliphatic carbocycles. The van der Waals surface area contributed by atoms with Crippen molar-refractivity contribution in [1.29, 1.82) is 0 Å². The van der Waals surface area contributed by atoms with Crippen LogP contribution in [-0.2, 0) is 4.79 Å². The molecule has 2 fully saturated rings. The molecule has 2 aliphatic rings. The zero-order chi connectivity index (χ0) is 17.6. The lowest BCUT2D eigenvalue weighted by Crippen LogP contribution is -2.63. The van der Waals surface area contributed by atoms with E-state index in [1.165, 1.54) is 0 Å². The summed E-state index contributed by atoms with van der Waals surface area (Å²) in [5, 5.41) is 6.80. The summed E-state index contributed by atoms with van der Waals surface area (Å²) in [7, 11) is 0. The summed E-state index contributed by atoms with van der Waals surface area (Å²) in [5.41, 5.74) is 0.458. The molecule has 2 heterocycles. The third kappa shape index (κ3) is 2.79. The highest BCUT2D eigenvalue weighted by Gasteiger charge is 2.40. The highest BCUT2D eigenvalue weighted by molar-refractivity contribution is 5.99. The second-order valence-corrected chi connectivity index (χ2v) is 7.08. The van der Waals surface area contributed by atoms with Gasteiger partial charge in [-0.25, -0.2) is 0 Å². The SMILES string of the molecule is CC1(C)C(=O)NCCN1C(=O)c1ccc(-c2nc(C3CC3)no2)cc1. The van der Waals surface area contributed by atoms with Crippen molar-refractivity contribution in [3.8, 4) is 11.5 Å². The number of piperazine rings is 1. The molecule has 1 saturated carbocycles. The quantitative estimate of drug-likeness (QED) is 0.923. The molecule has 25 heavy (non-hydrogen) atoms. The first-order valence-electron chi connectivity index (χ1n) is 8.51. The fourth-order valence-electron chi connectivity index (χ4n) is 3.03. The van der Waals surface area contributed by atoms with Gasteiger partial charge in [0, 0.05) is 30.1 Å². The van der Waals surface area contributed by atoms with Crippen LogP contribution in [0.2, 0.25) is 0 Å². The van der Waals surface area contributed by atoms with E-state index < -0.39 is 5.54 Å². The first kappa shape index (κ1) is 15.8. The number of benzene rings is 1. The third-order valence-corrected chi connectivity index (χ3v) is 4.86. The number of hydrogen-bond donors (Lipinski definition) is 1. The highest BCUT2D eigenvalue weighted by Crippen LogP contribution is 2.38. The molecule has 1 N–H and O–H groups in total. The van der Waals surface area contributed by atoms with Crippen molar-refractivity contribution in [2.45, 2.75) is 38.1 Å². The van der Waals surface area contributed by atoms with Crippen LogP contribution in [0.3, 0.4) is 0 Å². The van der Waals surface area contributed by atoms with Crippen LogP contribution in [0.5, 0.6) is 0 Å². The molecule has 1 aromatic carbocycles. The maximum atomic E-state index is 12.8. The van der Waals surface area contributed by atoms with E-state index >= 15 is 0 Å². The van der Waals surface area contributed by atoms with Gasteiger partial charge in [-0.1, -0.05) is 5.16 Å². The first-order valence-corrected chi connectivity index (χ1v) is 8.51. The molecule has 0 spiro atoms. The monoisotopic (exact) mass is 340 g/mol. The molecule has 0 atom stereocenters. The van der Waals surface area contributed by atoms with Gasteiger partial charge in [0.05, 0.1) is 0 Å². The number of aromatic nitrogens is 2. The molecule has 0 radical (unpaired) electrons. The Morgan fingerprint density at radius 3 is 2.68 bits per heavy atom. The largest absolute Gasteiger partial charge is 0.352 e. The van der Waals surface area contributed by atoms with Crippen molar-refractivity contribution in [3.63, 3.8) is 0 Å². The molecule has 4 rings (SSSR count). The average molecular weight is 340 g/mol. The minimum absolute atomic E-state index is 0.137. The Morgan fingerprint density at radius 2 is 2.00 bits per heavy atom. The van der Waals surface area contributed by atoms with Gasteiger partial charge in [-0.2, -0.15) is 4.98 Å². The zero-order valence-corrected chi connectivity index (χ0v) is 14.3. The Labute approximate surface area is 145 Å². The van der Waals surface area contributed by atoms with E-state index in [0.717, 1.165) is 24.2 Å². The molecule has 1 aromatic heterocycles. The summed E-state index contributed by atoms with van der Waals surface area (Å²) in [6.07, 6.45) is 2.23. The summed E-state index contributed by atoms with van der Waals surface area (Å²) < 4.78 is 5.31. The molecule has 130 valence electrons. The summed E-state index contributed by atoms with van der Waals surface area (Å²) in [4.78, 5) is 30.9. The minimum atomic E-state index is -0.861. The van der Waals surface area contributed by atoms with Crippen molar-refractivity contribution in [2.75, 3.05) is 13.1 Å². The van der Waals surface area contributed by atoms with Gasteiger partial charge in [0.15, 0.2) is 5.82 Å². The van der Waals surface area contributed by atoms with Crippen LogP contribution in [0.15, 0.2) is 28.8 Å². The molecule has 1 aliphatic heterocycles. The normalized spacial score (nSPS) is 19.6. The van der Waals surface area contributed by atoms with Gasteiger partial charge in [-0.05, 0) is 51.0 Å². The lowest BCUT2D eigenvalue weighted by molar-refractivity contribution is -0.133. The van der Waals surface area contributed by atoms with E-state index in [-0.39, 0.29) is 11.8 Å². The fourth-order valence-corrected chi connectivity index (χ4v) is 3.03. The predicted molar refractivity (Wildman–Crippen MR) is 89.8 cm³/mol. The Kier molecular flexibility index (Phi) is 3.59. The van der Waals surface area contributed by atoms with Crippen LogP contribution in [-0.4, -0.2) is 45.5 Å². The van der Waals surface area contributed by atoms with Crippen molar-refractivity contribution in [2.24, 2.45) is 0 Å². The second kappa shape index (κ2) is 5.68. The predicted octanol–water partition coefficient (Wildman–Crippen LogP) is 1.96. The number of nitrogens with zero attached hydrogens (tertiary/aromatic N) is 3. The van der Waals surface area contributed by atoms with Gasteiger partial charge >= 0.3 is 0 Å². The Balaban J connectivity index is 1.54. The van der Waals surface area contributed by atoms with Gasteiger partial charge in [0.1, 0.15) is 5.54 Å². The van der Waals surface area contributed by atoms with Gasteiger partial charge in [-0.3, -0.25) is 9.59 Å². The summed E-state index contributed by atoms with van der Waals surface area (Å²) in [6.45, 7) is 4.48. The van der Waals surface area contributed by atoms with E-state index in [4.69, 9.17) is 4.52 Å². The average Bonchev–Trinajstić information content (AvgIpc) is 3.34. The van der Waals surface area contributed by atoms with Crippen LogP contribution in [0.25, 0.3) is 11.5 Å². The standard InChI is InChI=1S/C18H20N4O3/c1-18(2)17(24)19-9-10-22(18)16(23)13-7-5-12(6-8-13)15-20-14(21-25-15)11-3-4-11/h5-8,11H,3-4,9-10H2,1-2H3,(H,19,24). The molecular weight excluding hydrogens is 320 g/mol. The minimum Gasteiger partial charge on any atom is -0.352 e. The first-order chi connectivity index (χ1) is 12.0. The Morgan fingerprint density at radius 1 is 1.28 bits per heavy atom. The van der Waals surface area contributed by atoms with Crippen LogP contribution in [0.4, 0.5) is 0 Å². The van der Waals surface area contributed by atoms with Crippen molar-refractivity contribution >= 4 is 11.8 Å². The van der Waals surface area contributed by atoms with Crippen LogP contribution in [0.1, 0.15) is 48.8 Å². The molecule has 0 unspecified atom stereocenters. The van der Waals surface area contributed by atoms with Crippen LogP contribution in [0, 0.1) is 0 Å². The Hall–Kier alpha value is -2.70. The molecule has 0 bridgehead atoms. The summed E-state index contributed by atoms with van der Waals surface area (Å²) in [5.74, 6) is 1.37. The zero-order valence-electron chi connectivity index (χ0n) is 14.3. The molecular formula is C18H20N4O3. The van der Waals surface area contributed by atoms with E-state index in [9.17, 15) is 9.59 Å². The molecule has 1 saturated heterocycles. The second-order valence-electron chi connectivity index (χ2n) is 7.08. The maximum absolute atomic E-state index is 12.8. The number of hydrogen-bond acceptors (Lipinski definition) is 5. The number of carbonyl (C=O) groups excluding carboxylic acids is 2. The number of rotatable bonds is 3. The van der Waals surface area contributed by atoms with E-state index in [2.05, 4.69) is 15.5 Å². The van der Waals surface area contributed by atoms with Gasteiger partial charge in [0.2, 0.25) is 5.91 Å². The lowest BCUT2D eigenvalue weighted by atomic mass is 9.97. The lowest BCUT2D eigenvalue weighted by Gasteiger charge is -2.41. The Bertz CT molecular complexity index is 821. The molecule has 7 heteroatoms. The number of carbonyl (C=O) groups is 2. The maximum Gasteiger partial charge on any atom is 0.257 e. The topological polar surface area (TPSA) is 88.3 Å². The number of amides is 2. The summed E-state index contributed by atoms with van der Waals surface area (Å²) >= 11 is 0. The van der Waals surface area contributed by atoms with E-state index in [1.54, 1.807) is 43.0 Å². The van der Waals surface area contributed by atoms with Crippen molar-refractivity contribution < 1.29 is 14.1 Å².